The van der Waals surface area contributed by atoms with Crippen molar-refractivity contribution in [3.63, 3.8) is 0 Å². The average molecular weight is 296 g/mol. The van der Waals surface area contributed by atoms with Gasteiger partial charge in [0.1, 0.15) is 23.2 Å². The van der Waals surface area contributed by atoms with Crippen LogP contribution in [-0.4, -0.2) is 11.0 Å². The molecule has 0 spiro atoms. The Balaban J connectivity index is 2.19. The standard InChI is InChI=1S/C17H16N2O3/c1-17(2,15-4-3-9-22-15)19-16(21)13(11-18)10-12-5-7-14(20)8-6-12/h3-10,20H,1-2H3,(H,19,21)/b13-10+. The van der Waals surface area contributed by atoms with E-state index in [0.29, 0.717) is 11.3 Å². The molecule has 2 N–H and O–H groups in total. The van der Waals surface area contributed by atoms with Crippen molar-refractivity contribution in [2.24, 2.45) is 0 Å². The topological polar surface area (TPSA) is 86.3 Å². The van der Waals surface area contributed by atoms with Crippen molar-refractivity contribution in [2.45, 2.75) is 19.4 Å². The van der Waals surface area contributed by atoms with E-state index in [0.717, 1.165) is 0 Å². The van der Waals surface area contributed by atoms with Gasteiger partial charge in [0.15, 0.2) is 0 Å². The first-order chi connectivity index (χ1) is 10.4. The minimum Gasteiger partial charge on any atom is -0.508 e. The van der Waals surface area contributed by atoms with Crippen LogP contribution in [0.25, 0.3) is 6.08 Å². The van der Waals surface area contributed by atoms with Crippen molar-refractivity contribution in [1.29, 1.82) is 5.26 Å². The SMILES string of the molecule is CC(C)(NC(=O)/C(C#N)=C/c1ccc(O)cc1)c1ccco1. The summed E-state index contributed by atoms with van der Waals surface area (Å²) in [5.74, 6) is 0.235. The third kappa shape index (κ3) is 3.55. The number of hydrogen-bond acceptors (Lipinski definition) is 4. The first-order valence-corrected chi connectivity index (χ1v) is 6.70. The summed E-state index contributed by atoms with van der Waals surface area (Å²) >= 11 is 0. The zero-order valence-corrected chi connectivity index (χ0v) is 12.3. The van der Waals surface area contributed by atoms with Gasteiger partial charge >= 0.3 is 0 Å². The van der Waals surface area contributed by atoms with E-state index in [1.54, 1.807) is 38.1 Å². The van der Waals surface area contributed by atoms with Crippen molar-refractivity contribution >= 4 is 12.0 Å². The van der Waals surface area contributed by atoms with Crippen LogP contribution < -0.4 is 5.32 Å². The number of furan rings is 1. The van der Waals surface area contributed by atoms with Gasteiger partial charge in [0, 0.05) is 0 Å². The monoisotopic (exact) mass is 296 g/mol. The third-order valence-corrected chi connectivity index (χ3v) is 3.13. The summed E-state index contributed by atoms with van der Waals surface area (Å²) in [4.78, 5) is 12.3. The fraction of sp³-hybridized carbons (Fsp3) is 0.176. The quantitative estimate of drug-likeness (QED) is 0.671. The normalized spacial score (nSPS) is 11.8. The second-order valence-corrected chi connectivity index (χ2v) is 5.32. The van der Waals surface area contributed by atoms with E-state index >= 15 is 0 Å². The third-order valence-electron chi connectivity index (χ3n) is 3.13. The van der Waals surface area contributed by atoms with E-state index in [2.05, 4.69) is 5.32 Å². The highest BCUT2D eigenvalue weighted by Gasteiger charge is 2.27. The van der Waals surface area contributed by atoms with Gasteiger partial charge in [0.25, 0.3) is 5.91 Å². The second-order valence-electron chi connectivity index (χ2n) is 5.32. The number of phenolic OH excluding ortho intramolecular Hbond substituents is 1. The lowest BCUT2D eigenvalue weighted by atomic mass is 10.0. The number of amides is 1. The molecule has 5 nitrogen and oxygen atoms in total. The lowest BCUT2D eigenvalue weighted by molar-refractivity contribution is -0.118. The van der Waals surface area contributed by atoms with E-state index in [4.69, 9.17) is 4.42 Å². The van der Waals surface area contributed by atoms with Gasteiger partial charge in [-0.05, 0) is 49.8 Å². The Hall–Kier alpha value is -3.00. The predicted molar refractivity (Wildman–Crippen MR) is 81.6 cm³/mol. The number of phenols is 1. The summed E-state index contributed by atoms with van der Waals surface area (Å²) in [6.07, 6.45) is 2.99. The largest absolute Gasteiger partial charge is 0.508 e. The maximum atomic E-state index is 12.3. The van der Waals surface area contributed by atoms with E-state index in [1.165, 1.54) is 24.5 Å². The Morgan fingerprint density at radius 3 is 2.55 bits per heavy atom. The van der Waals surface area contributed by atoms with E-state index in [9.17, 15) is 15.2 Å². The number of nitrogens with one attached hydrogen (secondary N) is 1. The van der Waals surface area contributed by atoms with Crippen LogP contribution in [0.2, 0.25) is 0 Å². The van der Waals surface area contributed by atoms with E-state index < -0.39 is 11.4 Å². The zero-order chi connectivity index (χ0) is 16.2. The molecule has 0 aliphatic carbocycles. The molecule has 0 aliphatic rings. The fourth-order valence-electron chi connectivity index (χ4n) is 1.93. The van der Waals surface area contributed by atoms with Gasteiger partial charge in [0.2, 0.25) is 0 Å². The molecule has 0 saturated heterocycles. The number of rotatable bonds is 4. The molecule has 0 saturated carbocycles. The van der Waals surface area contributed by atoms with Gasteiger partial charge in [-0.2, -0.15) is 5.26 Å². The minimum absolute atomic E-state index is 0.0229. The predicted octanol–water partition coefficient (Wildman–Crippen LogP) is 2.94. The lowest BCUT2D eigenvalue weighted by Crippen LogP contribution is -2.41. The number of aromatic hydroxyl groups is 1. The van der Waals surface area contributed by atoms with Crippen LogP contribution in [0.1, 0.15) is 25.2 Å². The second kappa shape index (κ2) is 6.19. The van der Waals surface area contributed by atoms with E-state index in [-0.39, 0.29) is 11.3 Å². The highest BCUT2D eigenvalue weighted by Crippen LogP contribution is 2.21. The van der Waals surface area contributed by atoms with Crippen LogP contribution in [0.3, 0.4) is 0 Å². The molecule has 0 fully saturated rings. The summed E-state index contributed by atoms with van der Waals surface area (Å²) in [5.41, 5.74) is -0.100. The Morgan fingerprint density at radius 2 is 2.00 bits per heavy atom. The van der Waals surface area contributed by atoms with Crippen LogP contribution in [0.15, 0.2) is 52.7 Å². The van der Waals surface area contributed by atoms with Gasteiger partial charge in [-0.1, -0.05) is 12.1 Å². The molecule has 2 aromatic rings. The number of hydrogen-bond donors (Lipinski definition) is 2. The molecule has 0 unspecified atom stereocenters. The summed E-state index contributed by atoms with van der Waals surface area (Å²) in [7, 11) is 0. The molecule has 112 valence electrons. The van der Waals surface area contributed by atoms with Crippen LogP contribution in [0, 0.1) is 11.3 Å². The lowest BCUT2D eigenvalue weighted by Gasteiger charge is -2.23. The highest BCUT2D eigenvalue weighted by atomic mass is 16.3. The molecule has 0 bridgehead atoms. The van der Waals surface area contributed by atoms with Crippen LogP contribution in [-0.2, 0) is 10.3 Å². The van der Waals surface area contributed by atoms with Crippen molar-refractivity contribution in [3.05, 3.63) is 59.6 Å². The summed E-state index contributed by atoms with van der Waals surface area (Å²) in [5, 5.41) is 21.2. The molecule has 5 heteroatoms. The Morgan fingerprint density at radius 1 is 1.32 bits per heavy atom. The Labute approximate surface area is 128 Å². The number of nitrogens with zero attached hydrogens (tertiary/aromatic N) is 1. The van der Waals surface area contributed by atoms with Gasteiger partial charge in [-0.25, -0.2) is 0 Å². The van der Waals surface area contributed by atoms with Crippen molar-refractivity contribution in [1.82, 2.24) is 5.32 Å². The summed E-state index contributed by atoms with van der Waals surface area (Å²) < 4.78 is 5.30. The summed E-state index contributed by atoms with van der Waals surface area (Å²) in [6.45, 7) is 3.58. The number of carbonyl (C=O) groups excluding carboxylic acids is 1. The van der Waals surface area contributed by atoms with Crippen LogP contribution in [0.4, 0.5) is 0 Å². The molecule has 0 atom stereocenters. The van der Waals surface area contributed by atoms with Crippen molar-refractivity contribution in [3.8, 4) is 11.8 Å². The molecule has 1 aromatic heterocycles. The van der Waals surface area contributed by atoms with Gasteiger partial charge in [0.05, 0.1) is 11.8 Å². The molecular formula is C17H16N2O3. The molecule has 1 aromatic carbocycles. The fourth-order valence-corrected chi connectivity index (χ4v) is 1.93. The minimum atomic E-state index is -0.731. The zero-order valence-electron chi connectivity index (χ0n) is 12.3. The molecular weight excluding hydrogens is 280 g/mol. The first-order valence-electron chi connectivity index (χ1n) is 6.70. The number of carbonyl (C=O) groups is 1. The van der Waals surface area contributed by atoms with Crippen molar-refractivity contribution < 1.29 is 14.3 Å². The highest BCUT2D eigenvalue weighted by molar-refractivity contribution is 6.02. The summed E-state index contributed by atoms with van der Waals surface area (Å²) in [6, 6.07) is 11.6. The Bertz CT molecular complexity index is 720. The average Bonchev–Trinajstić information content (AvgIpc) is 3.01. The first kappa shape index (κ1) is 15.4. The molecule has 0 radical (unpaired) electrons. The smallest absolute Gasteiger partial charge is 0.262 e. The Kier molecular flexibility index (Phi) is 4.33. The number of benzene rings is 1. The molecule has 1 amide bonds. The molecule has 2 rings (SSSR count). The molecule has 0 aliphatic heterocycles. The maximum Gasteiger partial charge on any atom is 0.262 e. The van der Waals surface area contributed by atoms with Gasteiger partial charge in [-0.15, -0.1) is 0 Å². The maximum absolute atomic E-state index is 12.3. The molecule has 22 heavy (non-hydrogen) atoms. The van der Waals surface area contributed by atoms with Gasteiger partial charge in [-0.3, -0.25) is 4.79 Å². The van der Waals surface area contributed by atoms with Crippen LogP contribution >= 0.6 is 0 Å². The van der Waals surface area contributed by atoms with Crippen molar-refractivity contribution in [2.75, 3.05) is 0 Å². The van der Waals surface area contributed by atoms with Crippen LogP contribution in [0.5, 0.6) is 5.75 Å². The van der Waals surface area contributed by atoms with Gasteiger partial charge < -0.3 is 14.8 Å². The molecule has 1 heterocycles. The van der Waals surface area contributed by atoms with E-state index in [1.807, 2.05) is 6.07 Å². The number of nitriles is 1.